The van der Waals surface area contributed by atoms with E-state index in [9.17, 15) is 5.26 Å². The fourth-order valence-electron chi connectivity index (χ4n) is 2.93. The lowest BCUT2D eigenvalue weighted by Crippen LogP contribution is -2.55. The molecule has 1 unspecified atom stereocenters. The first-order chi connectivity index (χ1) is 9.59. The smallest absolute Gasteiger partial charge is 0.122 e. The van der Waals surface area contributed by atoms with E-state index in [1.165, 1.54) is 32.1 Å². The van der Waals surface area contributed by atoms with Crippen molar-refractivity contribution >= 4 is 0 Å². The third kappa shape index (κ3) is 4.44. The summed E-state index contributed by atoms with van der Waals surface area (Å²) in [7, 11) is 4.24. The summed E-state index contributed by atoms with van der Waals surface area (Å²) in [5.74, 6) is 0.580. The van der Waals surface area contributed by atoms with E-state index in [1.807, 2.05) is 0 Å². The number of hydrogen-bond donors (Lipinski definition) is 1. The van der Waals surface area contributed by atoms with Crippen molar-refractivity contribution in [1.82, 2.24) is 15.1 Å². The number of hydrogen-bond acceptors (Lipinski definition) is 4. The molecule has 0 aromatic carbocycles. The molecule has 2 aliphatic carbocycles. The molecule has 0 amide bonds. The fraction of sp³-hybridized carbons (Fsp3) is 0.938. The Labute approximate surface area is 124 Å². The van der Waals surface area contributed by atoms with Crippen LogP contribution in [0.25, 0.3) is 0 Å². The van der Waals surface area contributed by atoms with Crippen LogP contribution in [0, 0.1) is 17.2 Å². The van der Waals surface area contributed by atoms with Crippen LogP contribution in [0.5, 0.6) is 0 Å². The molecule has 0 bridgehead atoms. The van der Waals surface area contributed by atoms with Crippen LogP contribution >= 0.6 is 0 Å². The highest BCUT2D eigenvalue weighted by Gasteiger charge is 2.48. The second kappa shape index (κ2) is 6.89. The number of nitriles is 1. The van der Waals surface area contributed by atoms with Crippen LogP contribution in [-0.4, -0.2) is 61.7 Å². The van der Waals surface area contributed by atoms with Gasteiger partial charge in [0.25, 0.3) is 0 Å². The first kappa shape index (κ1) is 15.8. The third-order valence-electron chi connectivity index (χ3n) is 4.51. The molecule has 4 nitrogen and oxygen atoms in total. The van der Waals surface area contributed by atoms with Crippen molar-refractivity contribution in [3.8, 4) is 6.07 Å². The van der Waals surface area contributed by atoms with Crippen LogP contribution in [0.3, 0.4) is 0 Å². The Balaban J connectivity index is 1.89. The van der Waals surface area contributed by atoms with Crippen LogP contribution in [-0.2, 0) is 0 Å². The highest BCUT2D eigenvalue weighted by atomic mass is 15.2. The molecule has 2 fully saturated rings. The number of nitrogens with zero attached hydrogens (tertiary/aromatic N) is 3. The van der Waals surface area contributed by atoms with Gasteiger partial charge in [-0.25, -0.2) is 0 Å². The van der Waals surface area contributed by atoms with Gasteiger partial charge in [-0.05, 0) is 71.8 Å². The van der Waals surface area contributed by atoms with E-state index >= 15 is 0 Å². The molecule has 0 radical (unpaired) electrons. The molecule has 0 saturated heterocycles. The van der Waals surface area contributed by atoms with E-state index in [-0.39, 0.29) is 5.54 Å². The number of nitrogens with one attached hydrogen (secondary N) is 1. The predicted molar refractivity (Wildman–Crippen MR) is 82.5 cm³/mol. The Morgan fingerprint density at radius 1 is 1.20 bits per heavy atom. The van der Waals surface area contributed by atoms with Gasteiger partial charge in [-0.15, -0.1) is 0 Å². The van der Waals surface area contributed by atoms with Gasteiger partial charge in [0.1, 0.15) is 5.54 Å². The molecule has 4 heteroatoms. The molecular weight excluding hydrogens is 248 g/mol. The summed E-state index contributed by atoms with van der Waals surface area (Å²) in [5.41, 5.74) is -0.282. The third-order valence-corrected chi connectivity index (χ3v) is 4.51. The average molecular weight is 278 g/mol. The van der Waals surface area contributed by atoms with Gasteiger partial charge < -0.3 is 9.80 Å². The van der Waals surface area contributed by atoms with Crippen molar-refractivity contribution in [3.05, 3.63) is 0 Å². The monoisotopic (exact) mass is 278 g/mol. The molecule has 0 aliphatic heterocycles. The highest BCUT2D eigenvalue weighted by molar-refractivity contribution is 5.18. The van der Waals surface area contributed by atoms with Crippen molar-refractivity contribution in [2.75, 3.05) is 40.3 Å². The molecule has 1 N–H and O–H groups in total. The Hall–Kier alpha value is -0.630. The van der Waals surface area contributed by atoms with Crippen molar-refractivity contribution in [3.63, 3.8) is 0 Å². The maximum Gasteiger partial charge on any atom is 0.122 e. The average Bonchev–Trinajstić information content (AvgIpc) is 3.27. The van der Waals surface area contributed by atoms with Gasteiger partial charge in [0.15, 0.2) is 0 Å². The minimum absolute atomic E-state index is 0.282. The zero-order valence-corrected chi connectivity index (χ0v) is 13.4. The number of likely N-dealkylation sites (N-methyl/N-ethyl adjacent to an activating group) is 1. The van der Waals surface area contributed by atoms with E-state index in [0.29, 0.717) is 12.0 Å². The lowest BCUT2D eigenvalue weighted by atomic mass is 9.93. The zero-order chi connectivity index (χ0) is 14.6. The van der Waals surface area contributed by atoms with Crippen molar-refractivity contribution in [2.24, 2.45) is 5.92 Å². The second-order valence-electron chi connectivity index (χ2n) is 6.80. The van der Waals surface area contributed by atoms with E-state index in [0.717, 1.165) is 26.2 Å². The van der Waals surface area contributed by atoms with Crippen molar-refractivity contribution in [1.29, 1.82) is 5.26 Å². The van der Waals surface area contributed by atoms with Crippen LogP contribution < -0.4 is 5.32 Å². The lowest BCUT2D eigenvalue weighted by molar-refractivity contribution is 0.194. The summed E-state index contributed by atoms with van der Waals surface area (Å²) in [6.45, 7) is 6.36. The van der Waals surface area contributed by atoms with E-state index < -0.39 is 0 Å². The van der Waals surface area contributed by atoms with Gasteiger partial charge in [-0.2, -0.15) is 5.26 Å². The molecule has 0 heterocycles. The standard InChI is InChI=1S/C16H30N4/c1-4-20(11-5-10-19(2)3)13-16(12-17,14-6-7-14)18-15-8-9-15/h14-15,18H,4-11,13H2,1-3H3. The van der Waals surface area contributed by atoms with Crippen molar-refractivity contribution < 1.29 is 0 Å². The normalized spacial score (nSPS) is 22.0. The molecule has 1 atom stereocenters. The lowest BCUT2D eigenvalue weighted by Gasteiger charge is -2.34. The molecule has 2 aliphatic rings. The molecule has 20 heavy (non-hydrogen) atoms. The Kier molecular flexibility index (Phi) is 5.42. The minimum Gasteiger partial charge on any atom is -0.309 e. The summed E-state index contributed by atoms with van der Waals surface area (Å²) in [5, 5.41) is 13.4. The zero-order valence-electron chi connectivity index (χ0n) is 13.4. The molecule has 0 aromatic rings. The summed E-state index contributed by atoms with van der Waals surface area (Å²) in [6.07, 6.45) is 6.13. The maximum absolute atomic E-state index is 9.77. The SMILES string of the molecule is CCN(CCCN(C)C)CC(C#N)(NC1CC1)C1CC1. The second-order valence-corrected chi connectivity index (χ2v) is 6.80. The van der Waals surface area contributed by atoms with Crippen LogP contribution in [0.2, 0.25) is 0 Å². The predicted octanol–water partition coefficient (Wildman–Crippen LogP) is 1.68. The molecule has 0 aromatic heterocycles. The molecule has 2 saturated carbocycles. The van der Waals surface area contributed by atoms with Gasteiger partial charge in [0.05, 0.1) is 6.07 Å². The Morgan fingerprint density at radius 3 is 2.35 bits per heavy atom. The molecule has 0 spiro atoms. The largest absolute Gasteiger partial charge is 0.309 e. The first-order valence-electron chi connectivity index (χ1n) is 8.15. The fourth-order valence-corrected chi connectivity index (χ4v) is 2.93. The maximum atomic E-state index is 9.77. The van der Waals surface area contributed by atoms with Gasteiger partial charge in [-0.1, -0.05) is 6.92 Å². The van der Waals surface area contributed by atoms with E-state index in [2.05, 4.69) is 42.2 Å². The Morgan fingerprint density at radius 2 is 1.90 bits per heavy atom. The van der Waals surface area contributed by atoms with Gasteiger partial charge in [0, 0.05) is 12.6 Å². The van der Waals surface area contributed by atoms with Gasteiger partial charge in [0.2, 0.25) is 0 Å². The Bertz CT molecular complexity index is 341. The molecule has 2 rings (SSSR count). The van der Waals surface area contributed by atoms with Gasteiger partial charge >= 0.3 is 0 Å². The summed E-state index contributed by atoms with van der Waals surface area (Å²) < 4.78 is 0. The quantitative estimate of drug-likeness (QED) is 0.660. The number of rotatable bonds is 10. The van der Waals surface area contributed by atoms with Gasteiger partial charge in [-0.3, -0.25) is 5.32 Å². The van der Waals surface area contributed by atoms with E-state index in [1.54, 1.807) is 0 Å². The summed E-state index contributed by atoms with van der Waals surface area (Å²) in [4.78, 5) is 4.69. The topological polar surface area (TPSA) is 42.3 Å². The van der Waals surface area contributed by atoms with Crippen LogP contribution in [0.1, 0.15) is 39.0 Å². The molecule has 114 valence electrons. The minimum atomic E-state index is -0.282. The van der Waals surface area contributed by atoms with Crippen LogP contribution in [0.4, 0.5) is 0 Å². The first-order valence-corrected chi connectivity index (χ1v) is 8.15. The summed E-state index contributed by atoms with van der Waals surface area (Å²) in [6, 6.07) is 3.26. The van der Waals surface area contributed by atoms with Crippen molar-refractivity contribution in [2.45, 2.75) is 50.6 Å². The summed E-state index contributed by atoms with van der Waals surface area (Å²) >= 11 is 0. The van der Waals surface area contributed by atoms with Crippen LogP contribution in [0.15, 0.2) is 0 Å². The molecular formula is C16H30N4. The highest BCUT2D eigenvalue weighted by Crippen LogP contribution is 2.41. The van der Waals surface area contributed by atoms with E-state index in [4.69, 9.17) is 0 Å².